The highest BCUT2D eigenvalue weighted by molar-refractivity contribution is 5.04. The molecule has 2 rings (SSSR count). The van der Waals surface area contributed by atoms with Gasteiger partial charge in [0.25, 0.3) is 0 Å². The molecule has 1 aromatic heterocycles. The van der Waals surface area contributed by atoms with Gasteiger partial charge in [0, 0.05) is 12.0 Å². The van der Waals surface area contributed by atoms with Crippen molar-refractivity contribution in [3.63, 3.8) is 0 Å². The molecule has 1 aromatic rings. The van der Waals surface area contributed by atoms with E-state index in [4.69, 9.17) is 10.2 Å². The normalized spacial score (nSPS) is 21.9. The van der Waals surface area contributed by atoms with E-state index in [1.165, 1.54) is 32.1 Å². The molecule has 0 aliphatic heterocycles. The van der Waals surface area contributed by atoms with E-state index in [-0.39, 0.29) is 5.54 Å². The summed E-state index contributed by atoms with van der Waals surface area (Å²) in [7, 11) is 0. The van der Waals surface area contributed by atoms with Crippen LogP contribution in [0.15, 0.2) is 22.8 Å². The maximum absolute atomic E-state index is 6.46. The molecule has 0 bridgehead atoms. The zero-order valence-corrected chi connectivity index (χ0v) is 9.37. The van der Waals surface area contributed by atoms with E-state index in [0.717, 1.165) is 25.0 Å². The monoisotopic (exact) mass is 207 g/mol. The summed E-state index contributed by atoms with van der Waals surface area (Å²) in [6.07, 6.45) is 11.6. The van der Waals surface area contributed by atoms with Gasteiger partial charge in [-0.15, -0.1) is 0 Å². The summed E-state index contributed by atoms with van der Waals surface area (Å²) in [5, 5.41) is 0. The minimum Gasteiger partial charge on any atom is -0.469 e. The third kappa shape index (κ3) is 3.10. The van der Waals surface area contributed by atoms with Crippen LogP contribution in [0.1, 0.15) is 50.7 Å². The number of furan rings is 1. The van der Waals surface area contributed by atoms with E-state index in [1.807, 2.05) is 12.1 Å². The molecule has 2 heteroatoms. The van der Waals surface area contributed by atoms with E-state index in [0.29, 0.717) is 0 Å². The number of hydrogen-bond acceptors (Lipinski definition) is 2. The van der Waals surface area contributed by atoms with Crippen LogP contribution in [-0.2, 0) is 6.42 Å². The molecule has 0 saturated heterocycles. The Bertz CT molecular complexity index is 271. The Morgan fingerprint density at radius 1 is 1.13 bits per heavy atom. The predicted molar refractivity (Wildman–Crippen MR) is 61.6 cm³/mol. The molecule has 0 atom stereocenters. The van der Waals surface area contributed by atoms with Gasteiger partial charge in [-0.3, -0.25) is 0 Å². The lowest BCUT2D eigenvalue weighted by molar-refractivity contribution is 0.296. The van der Waals surface area contributed by atoms with Gasteiger partial charge in [0.2, 0.25) is 0 Å². The van der Waals surface area contributed by atoms with Crippen molar-refractivity contribution in [3.8, 4) is 0 Å². The maximum atomic E-state index is 6.46. The molecule has 0 spiro atoms. The van der Waals surface area contributed by atoms with Gasteiger partial charge in [-0.25, -0.2) is 0 Å². The minimum atomic E-state index is -0.0156. The third-order valence-electron chi connectivity index (χ3n) is 3.46. The van der Waals surface area contributed by atoms with Crippen LogP contribution >= 0.6 is 0 Å². The van der Waals surface area contributed by atoms with Crippen LogP contribution in [0.3, 0.4) is 0 Å². The van der Waals surface area contributed by atoms with Gasteiger partial charge < -0.3 is 10.2 Å². The standard InChI is InChI=1S/C13H21NO/c14-13(11-12-7-6-10-15-12)8-4-2-1-3-5-9-13/h6-7,10H,1-5,8-9,11,14H2. The molecule has 84 valence electrons. The Kier molecular flexibility index (Phi) is 3.47. The van der Waals surface area contributed by atoms with E-state index < -0.39 is 0 Å². The summed E-state index contributed by atoms with van der Waals surface area (Å²) in [6, 6.07) is 3.98. The first-order valence-electron chi connectivity index (χ1n) is 6.10. The molecule has 0 amide bonds. The number of hydrogen-bond donors (Lipinski definition) is 1. The first-order valence-corrected chi connectivity index (χ1v) is 6.10. The highest BCUT2D eigenvalue weighted by Gasteiger charge is 2.26. The largest absolute Gasteiger partial charge is 0.469 e. The van der Waals surface area contributed by atoms with Crippen LogP contribution < -0.4 is 5.73 Å². The summed E-state index contributed by atoms with van der Waals surface area (Å²) >= 11 is 0. The fraction of sp³-hybridized carbons (Fsp3) is 0.692. The summed E-state index contributed by atoms with van der Waals surface area (Å²) in [4.78, 5) is 0. The second-order valence-electron chi connectivity index (χ2n) is 4.89. The predicted octanol–water partition coefficient (Wildman–Crippen LogP) is 3.26. The van der Waals surface area contributed by atoms with Crippen molar-refractivity contribution in [2.45, 2.75) is 56.9 Å². The summed E-state index contributed by atoms with van der Waals surface area (Å²) in [6.45, 7) is 0. The molecule has 15 heavy (non-hydrogen) atoms. The fourth-order valence-corrected chi connectivity index (χ4v) is 2.55. The Morgan fingerprint density at radius 2 is 1.80 bits per heavy atom. The highest BCUT2D eigenvalue weighted by atomic mass is 16.3. The lowest BCUT2D eigenvalue weighted by Gasteiger charge is -2.30. The zero-order chi connectivity index (χ0) is 10.6. The Labute approximate surface area is 91.8 Å². The zero-order valence-electron chi connectivity index (χ0n) is 9.37. The van der Waals surface area contributed by atoms with E-state index in [1.54, 1.807) is 6.26 Å². The fourth-order valence-electron chi connectivity index (χ4n) is 2.55. The van der Waals surface area contributed by atoms with Crippen molar-refractivity contribution < 1.29 is 4.42 Å². The topological polar surface area (TPSA) is 39.2 Å². The molecule has 2 N–H and O–H groups in total. The number of rotatable bonds is 2. The molecule has 0 aromatic carbocycles. The molecular formula is C13H21NO. The molecule has 0 radical (unpaired) electrons. The van der Waals surface area contributed by atoms with Gasteiger partial charge in [-0.05, 0) is 25.0 Å². The van der Waals surface area contributed by atoms with Crippen molar-refractivity contribution in [1.82, 2.24) is 0 Å². The molecular weight excluding hydrogens is 186 g/mol. The van der Waals surface area contributed by atoms with Crippen LogP contribution in [0.2, 0.25) is 0 Å². The number of nitrogens with two attached hydrogens (primary N) is 1. The average molecular weight is 207 g/mol. The first-order chi connectivity index (χ1) is 7.29. The lowest BCUT2D eigenvalue weighted by atomic mass is 9.82. The van der Waals surface area contributed by atoms with Crippen molar-refractivity contribution >= 4 is 0 Å². The van der Waals surface area contributed by atoms with Crippen molar-refractivity contribution in [2.24, 2.45) is 5.73 Å². The molecule has 2 nitrogen and oxygen atoms in total. The minimum absolute atomic E-state index is 0.0156. The molecule has 1 fully saturated rings. The quantitative estimate of drug-likeness (QED) is 0.808. The molecule has 1 aliphatic rings. The van der Waals surface area contributed by atoms with Gasteiger partial charge in [-0.2, -0.15) is 0 Å². The molecule has 1 heterocycles. The Hall–Kier alpha value is -0.760. The van der Waals surface area contributed by atoms with Crippen LogP contribution in [0.5, 0.6) is 0 Å². The van der Waals surface area contributed by atoms with Crippen LogP contribution in [0, 0.1) is 0 Å². The van der Waals surface area contributed by atoms with Crippen molar-refractivity contribution in [3.05, 3.63) is 24.2 Å². The van der Waals surface area contributed by atoms with Crippen molar-refractivity contribution in [1.29, 1.82) is 0 Å². The summed E-state index contributed by atoms with van der Waals surface area (Å²) in [5.41, 5.74) is 6.44. The smallest absolute Gasteiger partial charge is 0.105 e. The molecule has 1 saturated carbocycles. The van der Waals surface area contributed by atoms with Gasteiger partial charge in [0.05, 0.1) is 6.26 Å². The lowest BCUT2D eigenvalue weighted by Crippen LogP contribution is -2.42. The third-order valence-corrected chi connectivity index (χ3v) is 3.46. The second kappa shape index (κ2) is 4.84. The Balaban J connectivity index is 1.96. The first kappa shape index (κ1) is 10.7. The van der Waals surface area contributed by atoms with Crippen molar-refractivity contribution in [2.75, 3.05) is 0 Å². The van der Waals surface area contributed by atoms with Crippen LogP contribution in [-0.4, -0.2) is 5.54 Å². The molecule has 0 unspecified atom stereocenters. The summed E-state index contributed by atoms with van der Waals surface area (Å²) < 4.78 is 5.39. The van der Waals surface area contributed by atoms with E-state index >= 15 is 0 Å². The van der Waals surface area contributed by atoms with E-state index in [9.17, 15) is 0 Å². The van der Waals surface area contributed by atoms with Crippen LogP contribution in [0.25, 0.3) is 0 Å². The molecule has 1 aliphatic carbocycles. The average Bonchev–Trinajstić information content (AvgIpc) is 2.65. The van der Waals surface area contributed by atoms with Gasteiger partial charge in [0.15, 0.2) is 0 Å². The van der Waals surface area contributed by atoms with E-state index in [2.05, 4.69) is 0 Å². The van der Waals surface area contributed by atoms with Gasteiger partial charge >= 0.3 is 0 Å². The van der Waals surface area contributed by atoms with Gasteiger partial charge in [-0.1, -0.05) is 32.1 Å². The summed E-state index contributed by atoms with van der Waals surface area (Å²) in [5.74, 6) is 1.04. The SMILES string of the molecule is NC1(Cc2ccco2)CCCCCCC1. The Morgan fingerprint density at radius 3 is 2.40 bits per heavy atom. The van der Waals surface area contributed by atoms with Gasteiger partial charge in [0.1, 0.15) is 5.76 Å². The maximum Gasteiger partial charge on any atom is 0.105 e. The highest BCUT2D eigenvalue weighted by Crippen LogP contribution is 2.27. The van der Waals surface area contributed by atoms with Crippen LogP contribution in [0.4, 0.5) is 0 Å². The second-order valence-corrected chi connectivity index (χ2v) is 4.89.